The highest BCUT2D eigenvalue weighted by Crippen LogP contribution is 2.02. The van der Waals surface area contributed by atoms with Gasteiger partial charge in [-0.25, -0.2) is 9.89 Å². The fraction of sp³-hybridized carbons (Fsp3) is 0.333. The predicted molar refractivity (Wildman–Crippen MR) is 58.7 cm³/mol. The second-order valence-corrected chi connectivity index (χ2v) is 3.18. The third kappa shape index (κ3) is 2.41. The number of nitrogens with one attached hydrogen (secondary N) is 2. The van der Waals surface area contributed by atoms with Crippen molar-refractivity contribution in [3.63, 3.8) is 0 Å². The molecule has 2 heterocycles. The Morgan fingerprint density at radius 1 is 1.59 bits per heavy atom. The van der Waals surface area contributed by atoms with Crippen LogP contribution < -0.4 is 11.0 Å². The van der Waals surface area contributed by atoms with Crippen LogP contribution in [0.1, 0.15) is 6.92 Å². The van der Waals surface area contributed by atoms with Gasteiger partial charge >= 0.3 is 11.7 Å². The molecule has 90 valence electrons. The van der Waals surface area contributed by atoms with Gasteiger partial charge in [-0.15, -0.1) is 5.10 Å². The lowest BCUT2D eigenvalue weighted by molar-refractivity contribution is -0.140. The molecule has 0 saturated heterocycles. The summed E-state index contributed by atoms with van der Waals surface area (Å²) in [7, 11) is 0. The number of fused-ring (bicyclic) bond motifs is 1. The first-order valence-corrected chi connectivity index (χ1v) is 5.04. The smallest absolute Gasteiger partial charge is 0.364 e. The molecule has 0 saturated carbocycles. The van der Waals surface area contributed by atoms with Crippen molar-refractivity contribution in [2.45, 2.75) is 6.92 Å². The van der Waals surface area contributed by atoms with Crippen molar-refractivity contribution in [2.24, 2.45) is 0 Å². The molecule has 0 amide bonds. The van der Waals surface area contributed by atoms with E-state index < -0.39 is 5.69 Å². The number of nitrogens with zero attached hydrogens (tertiary/aromatic N) is 3. The number of esters is 1. The van der Waals surface area contributed by atoms with Gasteiger partial charge in [0.2, 0.25) is 0 Å². The fourth-order valence-corrected chi connectivity index (χ4v) is 1.27. The third-order valence-electron chi connectivity index (χ3n) is 1.99. The van der Waals surface area contributed by atoms with Crippen LogP contribution in [0.5, 0.6) is 0 Å². The fourth-order valence-electron chi connectivity index (χ4n) is 1.27. The second-order valence-electron chi connectivity index (χ2n) is 3.18. The van der Waals surface area contributed by atoms with E-state index in [0.717, 1.165) is 4.52 Å². The van der Waals surface area contributed by atoms with E-state index in [1.165, 1.54) is 0 Å². The third-order valence-corrected chi connectivity index (χ3v) is 1.99. The zero-order chi connectivity index (χ0) is 12.3. The molecule has 0 atom stereocenters. The number of ether oxygens (including phenoxy) is 1. The number of carbonyl (C=O) groups excluding carboxylic acids is 1. The van der Waals surface area contributed by atoms with Crippen molar-refractivity contribution in [1.82, 2.24) is 19.8 Å². The first kappa shape index (κ1) is 11.1. The number of H-pyrrole nitrogens is 1. The molecule has 2 aromatic rings. The lowest BCUT2D eigenvalue weighted by Gasteiger charge is -2.04. The van der Waals surface area contributed by atoms with Gasteiger partial charge in [-0.1, -0.05) is 0 Å². The van der Waals surface area contributed by atoms with Crippen LogP contribution in [0.25, 0.3) is 5.65 Å². The van der Waals surface area contributed by atoms with E-state index in [2.05, 4.69) is 20.6 Å². The van der Waals surface area contributed by atoms with Crippen LogP contribution in [-0.4, -0.2) is 38.9 Å². The van der Waals surface area contributed by atoms with Gasteiger partial charge in [-0.05, 0) is 19.1 Å². The van der Waals surface area contributed by atoms with E-state index >= 15 is 0 Å². The van der Waals surface area contributed by atoms with Gasteiger partial charge in [0.25, 0.3) is 0 Å². The predicted octanol–water partition coefficient (Wildman–Crippen LogP) is -0.607. The lowest BCUT2D eigenvalue weighted by atomic mass is 10.5. The largest absolute Gasteiger partial charge is 0.465 e. The van der Waals surface area contributed by atoms with Crippen LogP contribution in [0.15, 0.2) is 16.9 Å². The van der Waals surface area contributed by atoms with Gasteiger partial charge in [0, 0.05) is 0 Å². The molecule has 0 bridgehead atoms. The van der Waals surface area contributed by atoms with Gasteiger partial charge in [0.05, 0.1) is 6.61 Å². The van der Waals surface area contributed by atoms with E-state index in [1.807, 2.05) is 0 Å². The normalized spacial score (nSPS) is 10.4. The Hall–Kier alpha value is -2.38. The molecule has 2 aromatic heterocycles. The van der Waals surface area contributed by atoms with Crippen molar-refractivity contribution >= 4 is 17.4 Å². The van der Waals surface area contributed by atoms with Crippen molar-refractivity contribution < 1.29 is 9.53 Å². The molecular formula is C9H11N5O3. The van der Waals surface area contributed by atoms with Crippen LogP contribution >= 0.6 is 0 Å². The zero-order valence-electron chi connectivity index (χ0n) is 9.14. The van der Waals surface area contributed by atoms with Crippen LogP contribution in [0.3, 0.4) is 0 Å². The maximum absolute atomic E-state index is 11.2. The number of hydrogen-bond acceptors (Lipinski definition) is 6. The van der Waals surface area contributed by atoms with E-state index in [0.29, 0.717) is 18.1 Å². The molecule has 0 unspecified atom stereocenters. The molecule has 0 aliphatic heterocycles. The van der Waals surface area contributed by atoms with Crippen LogP contribution in [0, 0.1) is 0 Å². The summed E-state index contributed by atoms with van der Waals surface area (Å²) in [6.45, 7) is 2.06. The molecule has 0 fully saturated rings. The minimum atomic E-state index is -0.431. The number of carbonyl (C=O) groups is 1. The molecule has 0 spiro atoms. The minimum absolute atomic E-state index is 0.00104. The van der Waals surface area contributed by atoms with Crippen molar-refractivity contribution in [2.75, 3.05) is 18.5 Å². The summed E-state index contributed by atoms with van der Waals surface area (Å²) in [4.78, 5) is 22.3. The number of anilines is 1. The van der Waals surface area contributed by atoms with Gasteiger partial charge in [0.1, 0.15) is 12.4 Å². The Morgan fingerprint density at radius 2 is 2.41 bits per heavy atom. The molecule has 0 radical (unpaired) electrons. The van der Waals surface area contributed by atoms with Gasteiger partial charge in [-0.3, -0.25) is 4.79 Å². The van der Waals surface area contributed by atoms with E-state index in [4.69, 9.17) is 4.74 Å². The van der Waals surface area contributed by atoms with E-state index in [9.17, 15) is 9.59 Å². The number of rotatable bonds is 4. The van der Waals surface area contributed by atoms with Crippen LogP contribution in [0.2, 0.25) is 0 Å². The summed E-state index contributed by atoms with van der Waals surface area (Å²) in [5.74, 6) is 0.0167. The average molecular weight is 237 g/mol. The summed E-state index contributed by atoms with van der Waals surface area (Å²) >= 11 is 0. The molecular weight excluding hydrogens is 226 g/mol. The molecule has 8 nitrogen and oxygen atoms in total. The first-order chi connectivity index (χ1) is 8.20. The number of aromatic amines is 1. The Labute approximate surface area is 95.6 Å². The molecule has 0 aromatic carbocycles. The highest BCUT2D eigenvalue weighted by molar-refractivity contribution is 5.74. The summed E-state index contributed by atoms with van der Waals surface area (Å²) in [5.41, 5.74) is -0.0172. The maximum Gasteiger partial charge on any atom is 0.364 e. The molecule has 17 heavy (non-hydrogen) atoms. The monoisotopic (exact) mass is 237 g/mol. The van der Waals surface area contributed by atoms with Gasteiger partial charge in [0.15, 0.2) is 5.65 Å². The topological polar surface area (TPSA) is 101 Å². The summed E-state index contributed by atoms with van der Waals surface area (Å²) in [5, 5.41) is 12.7. The van der Waals surface area contributed by atoms with E-state index in [1.54, 1.807) is 19.1 Å². The Morgan fingerprint density at radius 3 is 3.18 bits per heavy atom. The molecule has 8 heteroatoms. The van der Waals surface area contributed by atoms with Crippen molar-refractivity contribution in [3.05, 3.63) is 22.6 Å². The van der Waals surface area contributed by atoms with E-state index in [-0.39, 0.29) is 12.5 Å². The highest BCUT2D eigenvalue weighted by Gasteiger charge is 2.05. The molecule has 0 aliphatic rings. The number of hydrogen-bond donors (Lipinski definition) is 2. The summed E-state index contributed by atoms with van der Waals surface area (Å²) < 4.78 is 5.85. The first-order valence-electron chi connectivity index (χ1n) is 5.04. The zero-order valence-corrected chi connectivity index (χ0v) is 9.14. The Balaban J connectivity index is 2.11. The Kier molecular flexibility index (Phi) is 3.03. The van der Waals surface area contributed by atoms with Crippen molar-refractivity contribution in [3.8, 4) is 0 Å². The van der Waals surface area contributed by atoms with Gasteiger partial charge < -0.3 is 10.1 Å². The van der Waals surface area contributed by atoms with Crippen LogP contribution in [-0.2, 0) is 9.53 Å². The second kappa shape index (κ2) is 4.64. The van der Waals surface area contributed by atoms with Crippen LogP contribution in [0.4, 0.5) is 5.82 Å². The minimum Gasteiger partial charge on any atom is -0.465 e. The highest BCUT2D eigenvalue weighted by atomic mass is 16.5. The maximum atomic E-state index is 11.2. The summed E-state index contributed by atoms with van der Waals surface area (Å²) in [6.07, 6.45) is 0. The lowest BCUT2D eigenvalue weighted by Crippen LogP contribution is -2.19. The summed E-state index contributed by atoms with van der Waals surface area (Å²) in [6, 6.07) is 3.23. The quantitative estimate of drug-likeness (QED) is 0.688. The Bertz CT molecular complexity index is 588. The molecule has 2 rings (SSSR count). The SMILES string of the molecule is CCOC(=O)CNc1ccc2n[nH]c(=O)n2n1. The van der Waals surface area contributed by atoms with Gasteiger partial charge in [-0.2, -0.15) is 9.61 Å². The average Bonchev–Trinajstić information content (AvgIpc) is 2.69. The molecule has 0 aliphatic carbocycles. The molecule has 2 N–H and O–H groups in total. The standard InChI is InChI=1S/C9H11N5O3/c1-2-17-8(15)5-10-6-3-4-7-11-12-9(16)14(7)13-6/h3-4H,2,5H2,1H3,(H,10,13)(H,12,16). The number of aromatic nitrogens is 4. The van der Waals surface area contributed by atoms with Crippen molar-refractivity contribution in [1.29, 1.82) is 0 Å².